The number of carbonyl (C=O) groups is 1. The first-order valence-corrected chi connectivity index (χ1v) is 9.10. The minimum Gasteiger partial charge on any atom is -0.373 e. The monoisotopic (exact) mass is 343 g/mol. The number of hydrogen-bond donors (Lipinski definition) is 1. The largest absolute Gasteiger partial charge is 0.373 e. The molecule has 0 fully saturated rings. The summed E-state index contributed by atoms with van der Waals surface area (Å²) in [5, 5.41) is 3.41. The number of nitrogens with one attached hydrogen (secondary N) is 1. The Morgan fingerprint density at radius 2 is 1.38 bits per heavy atom. The van der Waals surface area contributed by atoms with Gasteiger partial charge in [-0.15, -0.1) is 0 Å². The van der Waals surface area contributed by atoms with E-state index in [1.54, 1.807) is 0 Å². The van der Waals surface area contributed by atoms with Crippen LogP contribution in [0.5, 0.6) is 0 Å². The third-order valence-corrected chi connectivity index (χ3v) is 3.85. The molecule has 0 atom stereocenters. The van der Waals surface area contributed by atoms with Gasteiger partial charge in [0.05, 0.1) is 24.4 Å². The molecule has 0 radical (unpaired) electrons. The lowest BCUT2D eigenvalue weighted by Crippen LogP contribution is -2.41. The van der Waals surface area contributed by atoms with Gasteiger partial charge in [-0.05, 0) is 54.9 Å². The summed E-state index contributed by atoms with van der Waals surface area (Å²) in [6.45, 7) is 22.5. The zero-order chi connectivity index (χ0) is 19.2. The Morgan fingerprint density at radius 1 is 0.833 bits per heavy atom. The van der Waals surface area contributed by atoms with Gasteiger partial charge in [0.25, 0.3) is 0 Å². The zero-order valence-electron chi connectivity index (χ0n) is 17.8. The van der Waals surface area contributed by atoms with E-state index in [1.807, 2.05) is 48.5 Å². The molecule has 0 bridgehead atoms. The number of ether oxygens (including phenoxy) is 2. The first-order valence-electron chi connectivity index (χ1n) is 9.10. The Hall–Kier alpha value is -0.450. The Labute approximate surface area is 150 Å². The summed E-state index contributed by atoms with van der Waals surface area (Å²) in [7, 11) is 0. The highest BCUT2D eigenvalue weighted by molar-refractivity contribution is 5.83. The summed E-state index contributed by atoms with van der Waals surface area (Å²) in [5.41, 5.74) is -0.847. The molecule has 0 aromatic rings. The second kappa shape index (κ2) is 8.77. The standard InChI is InChI=1S/C20H41NO3/c1-17(2,3)16(22)11-12-19(7,8)24-15-20(9,10)23-14-13-21-18(4,5)6/h21H,11-15H2,1-10H3. The summed E-state index contributed by atoms with van der Waals surface area (Å²) in [5.74, 6) is 0.280. The van der Waals surface area contributed by atoms with Gasteiger partial charge in [0.1, 0.15) is 5.78 Å². The molecule has 0 amide bonds. The molecule has 1 N–H and O–H groups in total. The molecule has 0 saturated carbocycles. The maximum absolute atomic E-state index is 12.1. The van der Waals surface area contributed by atoms with Crippen molar-refractivity contribution >= 4 is 5.78 Å². The number of ketones is 1. The van der Waals surface area contributed by atoms with Crippen LogP contribution in [0.2, 0.25) is 0 Å². The fourth-order valence-corrected chi connectivity index (χ4v) is 2.03. The normalized spacial score (nSPS) is 14.1. The molecule has 0 aromatic heterocycles. The Bertz CT molecular complexity index is 387. The lowest BCUT2D eigenvalue weighted by atomic mass is 9.86. The summed E-state index contributed by atoms with van der Waals surface area (Å²) in [6.07, 6.45) is 1.28. The first kappa shape index (κ1) is 23.5. The zero-order valence-corrected chi connectivity index (χ0v) is 17.8. The van der Waals surface area contributed by atoms with Crippen molar-refractivity contribution in [3.05, 3.63) is 0 Å². The minimum absolute atomic E-state index is 0.103. The van der Waals surface area contributed by atoms with Gasteiger partial charge < -0.3 is 14.8 Å². The fraction of sp³-hybridized carbons (Fsp3) is 0.950. The molecule has 0 heterocycles. The maximum atomic E-state index is 12.1. The SMILES string of the molecule is CC(C)(C)NCCOC(C)(C)COC(C)(C)CCC(=O)C(C)(C)C. The van der Waals surface area contributed by atoms with Crippen molar-refractivity contribution in [2.75, 3.05) is 19.8 Å². The molecule has 4 heteroatoms. The van der Waals surface area contributed by atoms with Crippen molar-refractivity contribution in [3.8, 4) is 0 Å². The van der Waals surface area contributed by atoms with Crippen LogP contribution in [-0.4, -0.2) is 42.3 Å². The Morgan fingerprint density at radius 3 is 1.83 bits per heavy atom. The maximum Gasteiger partial charge on any atom is 0.138 e. The quantitative estimate of drug-likeness (QED) is 0.599. The van der Waals surface area contributed by atoms with Gasteiger partial charge >= 0.3 is 0 Å². The van der Waals surface area contributed by atoms with E-state index in [-0.39, 0.29) is 27.9 Å². The van der Waals surface area contributed by atoms with E-state index < -0.39 is 0 Å². The second-order valence-corrected chi connectivity index (χ2v) is 10.0. The van der Waals surface area contributed by atoms with Crippen molar-refractivity contribution in [2.24, 2.45) is 5.41 Å². The van der Waals surface area contributed by atoms with Crippen LogP contribution in [0.15, 0.2) is 0 Å². The molecule has 0 rings (SSSR count). The van der Waals surface area contributed by atoms with E-state index in [1.165, 1.54) is 0 Å². The predicted octanol–water partition coefficient (Wildman–Crippen LogP) is 4.36. The van der Waals surface area contributed by atoms with Crippen LogP contribution in [0.4, 0.5) is 0 Å². The molecule has 0 unspecified atom stereocenters. The molecule has 24 heavy (non-hydrogen) atoms. The van der Waals surface area contributed by atoms with Gasteiger partial charge in [0, 0.05) is 23.9 Å². The van der Waals surface area contributed by atoms with Crippen LogP contribution in [0.1, 0.15) is 82.1 Å². The van der Waals surface area contributed by atoms with Crippen LogP contribution in [0.25, 0.3) is 0 Å². The topological polar surface area (TPSA) is 47.6 Å². The molecule has 0 spiro atoms. The van der Waals surface area contributed by atoms with Crippen molar-refractivity contribution in [1.82, 2.24) is 5.32 Å². The Kier molecular flexibility index (Phi) is 8.61. The van der Waals surface area contributed by atoms with Gasteiger partial charge in [-0.25, -0.2) is 0 Å². The Balaban J connectivity index is 4.20. The third-order valence-electron chi connectivity index (χ3n) is 3.85. The molecule has 0 aliphatic rings. The van der Waals surface area contributed by atoms with Crippen molar-refractivity contribution in [1.29, 1.82) is 0 Å². The lowest BCUT2D eigenvalue weighted by Gasteiger charge is -2.33. The number of hydrogen-bond acceptors (Lipinski definition) is 4. The van der Waals surface area contributed by atoms with Gasteiger partial charge in [0.2, 0.25) is 0 Å². The van der Waals surface area contributed by atoms with E-state index in [0.717, 1.165) is 13.0 Å². The third kappa shape index (κ3) is 12.0. The van der Waals surface area contributed by atoms with Gasteiger partial charge in [-0.2, -0.15) is 0 Å². The summed E-state index contributed by atoms with van der Waals surface area (Å²) in [6, 6.07) is 0. The number of rotatable bonds is 10. The van der Waals surface area contributed by atoms with Crippen LogP contribution >= 0.6 is 0 Å². The molecule has 0 aliphatic carbocycles. The van der Waals surface area contributed by atoms with Crippen LogP contribution in [-0.2, 0) is 14.3 Å². The summed E-state index contributed by atoms with van der Waals surface area (Å²) in [4.78, 5) is 12.1. The highest BCUT2D eigenvalue weighted by Crippen LogP contribution is 2.24. The van der Waals surface area contributed by atoms with Crippen molar-refractivity contribution in [2.45, 2.75) is 98.8 Å². The van der Waals surface area contributed by atoms with Gasteiger partial charge in [0.15, 0.2) is 0 Å². The first-order chi connectivity index (χ1) is 10.5. The predicted molar refractivity (Wildman–Crippen MR) is 102 cm³/mol. The van der Waals surface area contributed by atoms with E-state index >= 15 is 0 Å². The van der Waals surface area contributed by atoms with Crippen molar-refractivity contribution in [3.63, 3.8) is 0 Å². The van der Waals surface area contributed by atoms with Crippen LogP contribution in [0, 0.1) is 5.41 Å². The number of carbonyl (C=O) groups excluding carboxylic acids is 1. The average Bonchev–Trinajstić information content (AvgIpc) is 2.37. The molecular formula is C20H41NO3. The molecule has 0 aromatic carbocycles. The lowest BCUT2D eigenvalue weighted by molar-refractivity contribution is -0.133. The van der Waals surface area contributed by atoms with Gasteiger partial charge in [-0.3, -0.25) is 4.79 Å². The summed E-state index contributed by atoms with van der Waals surface area (Å²) >= 11 is 0. The van der Waals surface area contributed by atoms with E-state index in [4.69, 9.17) is 9.47 Å². The summed E-state index contributed by atoms with van der Waals surface area (Å²) < 4.78 is 12.0. The second-order valence-electron chi connectivity index (χ2n) is 10.0. The minimum atomic E-state index is -0.342. The highest BCUT2D eigenvalue weighted by Gasteiger charge is 2.28. The van der Waals surface area contributed by atoms with E-state index in [0.29, 0.717) is 19.6 Å². The van der Waals surface area contributed by atoms with Crippen molar-refractivity contribution < 1.29 is 14.3 Å². The molecule has 0 saturated heterocycles. The smallest absolute Gasteiger partial charge is 0.138 e. The van der Waals surface area contributed by atoms with Gasteiger partial charge in [-0.1, -0.05) is 20.8 Å². The van der Waals surface area contributed by atoms with E-state index in [9.17, 15) is 4.79 Å². The average molecular weight is 344 g/mol. The van der Waals surface area contributed by atoms with Crippen LogP contribution in [0.3, 0.4) is 0 Å². The molecule has 4 nitrogen and oxygen atoms in total. The number of Topliss-reactive ketones (excluding diaryl/α,β-unsaturated/α-hetero) is 1. The molecular weight excluding hydrogens is 302 g/mol. The van der Waals surface area contributed by atoms with Crippen LogP contribution < -0.4 is 5.32 Å². The van der Waals surface area contributed by atoms with E-state index in [2.05, 4.69) is 26.1 Å². The fourth-order valence-electron chi connectivity index (χ4n) is 2.03. The molecule has 0 aliphatic heterocycles. The molecule has 144 valence electrons. The highest BCUT2D eigenvalue weighted by atomic mass is 16.6.